The third-order valence-electron chi connectivity index (χ3n) is 2.09. The van der Waals surface area contributed by atoms with E-state index in [1.807, 2.05) is 0 Å². The molecule has 0 aliphatic rings. The van der Waals surface area contributed by atoms with E-state index in [2.05, 4.69) is 41.8 Å². The molecular weight excluding hydrogens is 293 g/mol. The molecule has 1 rings (SSSR count). The van der Waals surface area contributed by atoms with Crippen LogP contribution in [0.25, 0.3) is 0 Å². The molecule has 0 saturated heterocycles. The zero-order chi connectivity index (χ0) is 14.3. The molecule has 0 spiro atoms. The van der Waals surface area contributed by atoms with E-state index in [-0.39, 0.29) is 4.70 Å². The first-order valence-corrected chi connectivity index (χ1v) is 7.37. The molecular formula is C10H19F6N2P. The van der Waals surface area contributed by atoms with Crippen LogP contribution < -0.4 is 9.27 Å². The minimum Gasteiger partial charge on any atom is -1.00 e. The standard InChI is InChI=1S/C10H19N2.F5P.FH/c1-3-4-5-6-7-12-9-8-11(2)10-12;1-6(2,3,4)5;/h8-10H,3-7H2,1-2H3;;1H/q+1;;/p-1. The van der Waals surface area contributed by atoms with Crippen molar-refractivity contribution in [3.8, 4) is 0 Å². The van der Waals surface area contributed by atoms with Crippen LogP contribution in [-0.2, 0) is 13.6 Å². The largest absolute Gasteiger partial charge is 1.00 e. The molecule has 0 unspecified atom stereocenters. The van der Waals surface area contributed by atoms with Crippen molar-refractivity contribution >= 4 is 8.16 Å². The summed E-state index contributed by atoms with van der Waals surface area (Å²) in [4.78, 5) is 0. The molecule has 1 aromatic heterocycles. The molecule has 0 bridgehead atoms. The fourth-order valence-corrected chi connectivity index (χ4v) is 1.36. The quantitative estimate of drug-likeness (QED) is 0.340. The maximum Gasteiger partial charge on any atom is -1.00 e. The van der Waals surface area contributed by atoms with Crippen LogP contribution in [0.15, 0.2) is 18.7 Å². The first-order chi connectivity index (χ1) is 8.06. The molecule has 2 nitrogen and oxygen atoms in total. The molecule has 0 aliphatic heterocycles. The van der Waals surface area contributed by atoms with Crippen LogP contribution in [0, 0.1) is 0 Å². The van der Waals surface area contributed by atoms with Gasteiger partial charge in [0.2, 0.25) is 6.33 Å². The van der Waals surface area contributed by atoms with Crippen molar-refractivity contribution < 1.29 is 30.3 Å². The number of hydrogen-bond donors (Lipinski definition) is 0. The van der Waals surface area contributed by atoms with Gasteiger partial charge in [0.15, 0.2) is 0 Å². The van der Waals surface area contributed by atoms with Gasteiger partial charge < -0.3 is 4.70 Å². The minimum absolute atomic E-state index is 0. The first kappa shape index (κ1) is 20.5. The molecule has 0 N–H and O–H groups in total. The van der Waals surface area contributed by atoms with Crippen LogP contribution in [-0.4, -0.2) is 4.57 Å². The Morgan fingerprint density at radius 3 is 1.95 bits per heavy atom. The molecule has 0 amide bonds. The SMILES string of the molecule is CCCCCCn1cc[n+](C)c1.FP(F)(F)(F)F.[F-]. The number of unbranched alkanes of at least 4 members (excludes halogenated alkanes) is 3. The van der Waals surface area contributed by atoms with Gasteiger partial charge in [0.05, 0.1) is 13.6 Å². The predicted octanol–water partition coefficient (Wildman–Crippen LogP) is 1.86. The second-order valence-corrected chi connectivity index (χ2v) is 5.29. The molecule has 9 heteroatoms. The van der Waals surface area contributed by atoms with Crippen LogP contribution in [0.1, 0.15) is 32.6 Å². The van der Waals surface area contributed by atoms with Crippen molar-refractivity contribution in [2.24, 2.45) is 7.05 Å². The minimum atomic E-state index is -8.55. The van der Waals surface area contributed by atoms with Crippen molar-refractivity contribution in [2.45, 2.75) is 39.2 Å². The van der Waals surface area contributed by atoms with Crippen molar-refractivity contribution in [3.63, 3.8) is 0 Å². The van der Waals surface area contributed by atoms with Gasteiger partial charge in [0.1, 0.15) is 12.4 Å². The summed E-state index contributed by atoms with van der Waals surface area (Å²) in [5.74, 6) is 0. The Labute approximate surface area is 109 Å². The zero-order valence-corrected chi connectivity index (χ0v) is 11.8. The molecule has 0 fully saturated rings. The second-order valence-electron chi connectivity index (χ2n) is 4.02. The van der Waals surface area contributed by atoms with Crippen LogP contribution >= 0.6 is 8.16 Å². The zero-order valence-electron chi connectivity index (χ0n) is 10.9. The summed E-state index contributed by atoms with van der Waals surface area (Å²) in [7, 11) is -6.49. The summed E-state index contributed by atoms with van der Waals surface area (Å²) < 4.78 is 53.5. The number of rotatable bonds is 5. The Bertz CT molecular complexity index is 330. The molecule has 0 saturated carbocycles. The predicted molar refractivity (Wildman–Crippen MR) is 62.2 cm³/mol. The van der Waals surface area contributed by atoms with Gasteiger partial charge in [-0.1, -0.05) is 19.8 Å². The fourth-order valence-electron chi connectivity index (χ4n) is 1.36. The average molecular weight is 312 g/mol. The maximum absolute atomic E-state index is 9.84. The summed E-state index contributed by atoms with van der Waals surface area (Å²) in [5, 5.41) is 0. The van der Waals surface area contributed by atoms with Gasteiger partial charge in [-0.15, -0.1) is 0 Å². The van der Waals surface area contributed by atoms with Crippen LogP contribution in [0.3, 0.4) is 0 Å². The Balaban J connectivity index is 0. The van der Waals surface area contributed by atoms with Gasteiger partial charge in [0.25, 0.3) is 0 Å². The third kappa shape index (κ3) is 19.7. The number of hydrogen-bond acceptors (Lipinski definition) is 0. The van der Waals surface area contributed by atoms with E-state index in [0.717, 1.165) is 0 Å². The Morgan fingerprint density at radius 2 is 1.58 bits per heavy atom. The Morgan fingerprint density at radius 1 is 1.05 bits per heavy atom. The van der Waals surface area contributed by atoms with E-state index < -0.39 is 8.16 Å². The molecule has 116 valence electrons. The van der Waals surface area contributed by atoms with E-state index in [1.54, 1.807) is 0 Å². The van der Waals surface area contributed by atoms with E-state index in [0.29, 0.717) is 0 Å². The Kier molecular flexibility index (Phi) is 9.08. The number of aromatic nitrogens is 2. The van der Waals surface area contributed by atoms with Gasteiger partial charge in [-0.2, -0.15) is 0 Å². The van der Waals surface area contributed by atoms with Crippen LogP contribution in [0.2, 0.25) is 0 Å². The molecule has 0 aliphatic carbocycles. The third-order valence-corrected chi connectivity index (χ3v) is 2.09. The molecule has 0 aromatic carbocycles. The van der Waals surface area contributed by atoms with Crippen molar-refractivity contribution in [1.82, 2.24) is 4.57 Å². The number of imidazole rings is 1. The average Bonchev–Trinajstić information content (AvgIpc) is 2.55. The smallest absolute Gasteiger partial charge is 1.00 e. The van der Waals surface area contributed by atoms with E-state index in [4.69, 9.17) is 0 Å². The molecule has 0 radical (unpaired) electrons. The fraction of sp³-hybridized carbons (Fsp3) is 0.700. The summed E-state index contributed by atoms with van der Waals surface area (Å²) in [6.45, 7) is 3.41. The maximum atomic E-state index is 9.84. The molecule has 19 heavy (non-hydrogen) atoms. The normalized spacial score (nSPS) is 12.7. The van der Waals surface area contributed by atoms with E-state index >= 15 is 0 Å². The molecule has 0 atom stereocenters. The first-order valence-electron chi connectivity index (χ1n) is 5.68. The van der Waals surface area contributed by atoms with Crippen molar-refractivity contribution in [1.29, 1.82) is 0 Å². The summed E-state index contributed by atoms with van der Waals surface area (Å²) in [6, 6.07) is 0. The van der Waals surface area contributed by atoms with Gasteiger partial charge in [-0.25, -0.2) is 9.13 Å². The van der Waals surface area contributed by atoms with E-state index in [9.17, 15) is 21.0 Å². The number of halogens is 6. The molecule has 1 aromatic rings. The molecule has 1 heterocycles. The second kappa shape index (κ2) is 8.40. The van der Waals surface area contributed by atoms with Gasteiger partial charge in [-0.05, 0) is 12.8 Å². The van der Waals surface area contributed by atoms with Gasteiger partial charge in [0, 0.05) is 0 Å². The van der Waals surface area contributed by atoms with Crippen molar-refractivity contribution in [2.75, 3.05) is 0 Å². The van der Waals surface area contributed by atoms with Crippen LogP contribution in [0.4, 0.5) is 21.0 Å². The van der Waals surface area contributed by atoms with Gasteiger partial charge in [-0.3, -0.25) is 0 Å². The number of aryl methyl sites for hydroxylation is 2. The summed E-state index contributed by atoms with van der Waals surface area (Å²) in [5.41, 5.74) is 0. The van der Waals surface area contributed by atoms with E-state index in [1.165, 1.54) is 32.2 Å². The van der Waals surface area contributed by atoms with Crippen LogP contribution in [0.5, 0.6) is 0 Å². The van der Waals surface area contributed by atoms with Gasteiger partial charge >= 0.3 is 29.1 Å². The topological polar surface area (TPSA) is 8.81 Å². The Hall–Kier alpha value is -0.780. The summed E-state index contributed by atoms with van der Waals surface area (Å²) in [6.07, 6.45) is 11.7. The van der Waals surface area contributed by atoms with Crippen molar-refractivity contribution in [3.05, 3.63) is 18.7 Å². The summed E-state index contributed by atoms with van der Waals surface area (Å²) >= 11 is 0. The monoisotopic (exact) mass is 312 g/mol. The number of nitrogens with zero attached hydrogens (tertiary/aromatic N) is 2.